The van der Waals surface area contributed by atoms with Crippen LogP contribution in [0.2, 0.25) is 0 Å². The van der Waals surface area contributed by atoms with Gasteiger partial charge in [0.1, 0.15) is 0 Å². The topological polar surface area (TPSA) is 24.5 Å². The van der Waals surface area contributed by atoms with Gasteiger partial charge in [0, 0.05) is 19.1 Å². The number of unbranched alkanes of at least 4 members (excludes halogenated alkanes) is 7. The van der Waals surface area contributed by atoms with Crippen molar-refractivity contribution in [2.24, 2.45) is 0 Å². The molecule has 0 aromatic rings. The molecule has 21 heavy (non-hydrogen) atoms. The monoisotopic (exact) mass is 298 g/mol. The molecule has 0 bridgehead atoms. The average Bonchev–Trinajstić information content (AvgIpc) is 2.53. The Kier molecular flexibility index (Phi) is 11.2. The van der Waals surface area contributed by atoms with E-state index < -0.39 is 0 Å². The maximum atomic E-state index is 5.98. The Hall–Kier alpha value is -0.120. The maximum Gasteiger partial charge on any atom is 0.0855 e. The van der Waals surface area contributed by atoms with E-state index in [4.69, 9.17) is 4.74 Å². The first-order valence-electron chi connectivity index (χ1n) is 9.33. The first-order valence-corrected chi connectivity index (χ1v) is 9.33. The fourth-order valence-electron chi connectivity index (χ4n) is 3.28. The second-order valence-corrected chi connectivity index (χ2v) is 6.46. The Morgan fingerprint density at radius 1 is 1.05 bits per heavy atom. The first kappa shape index (κ1) is 18.9. The Morgan fingerprint density at radius 2 is 1.71 bits per heavy atom. The third kappa shape index (κ3) is 8.18. The molecule has 3 heteroatoms. The minimum atomic E-state index is 0.383. The molecule has 2 atom stereocenters. The van der Waals surface area contributed by atoms with E-state index in [1.165, 1.54) is 57.8 Å². The average molecular weight is 299 g/mol. The van der Waals surface area contributed by atoms with Gasteiger partial charge in [0.25, 0.3) is 0 Å². The molecule has 1 saturated heterocycles. The fraction of sp³-hybridized carbons (Fsp3) is 1.00. The van der Waals surface area contributed by atoms with Crippen molar-refractivity contribution in [3.8, 4) is 0 Å². The standard InChI is InChI=1S/C18H38N2O/c1-4-6-7-8-9-10-11-12-13-17(19-3)18-16-20(5-2)14-15-21-18/h17-19H,4-16H2,1-3H3. The van der Waals surface area contributed by atoms with Crippen LogP contribution in [-0.2, 0) is 4.74 Å². The van der Waals surface area contributed by atoms with Crippen molar-refractivity contribution < 1.29 is 4.74 Å². The van der Waals surface area contributed by atoms with Crippen LogP contribution in [0.1, 0.15) is 71.6 Å². The molecule has 0 amide bonds. The lowest BCUT2D eigenvalue weighted by molar-refractivity contribution is -0.0453. The van der Waals surface area contributed by atoms with Gasteiger partial charge < -0.3 is 10.1 Å². The molecular weight excluding hydrogens is 260 g/mol. The van der Waals surface area contributed by atoms with Gasteiger partial charge in [-0.3, -0.25) is 4.90 Å². The van der Waals surface area contributed by atoms with E-state index in [2.05, 4.69) is 31.1 Å². The summed E-state index contributed by atoms with van der Waals surface area (Å²) in [4.78, 5) is 2.51. The Morgan fingerprint density at radius 3 is 2.33 bits per heavy atom. The van der Waals surface area contributed by atoms with Crippen molar-refractivity contribution in [3.63, 3.8) is 0 Å². The molecule has 1 aliphatic heterocycles. The summed E-state index contributed by atoms with van der Waals surface area (Å²) in [7, 11) is 2.09. The third-order valence-electron chi connectivity index (χ3n) is 4.81. The van der Waals surface area contributed by atoms with Crippen molar-refractivity contribution >= 4 is 0 Å². The maximum absolute atomic E-state index is 5.98. The number of nitrogens with one attached hydrogen (secondary N) is 1. The Labute approximate surface area is 132 Å². The largest absolute Gasteiger partial charge is 0.374 e. The predicted molar refractivity (Wildman–Crippen MR) is 91.9 cm³/mol. The Balaban J connectivity index is 2.08. The van der Waals surface area contributed by atoms with Crippen LogP contribution in [0, 0.1) is 0 Å². The molecule has 1 rings (SSSR count). The Bertz CT molecular complexity index is 235. The van der Waals surface area contributed by atoms with Crippen LogP contribution >= 0.6 is 0 Å². The van der Waals surface area contributed by atoms with Gasteiger partial charge in [0.2, 0.25) is 0 Å². The number of morpholine rings is 1. The molecule has 1 aliphatic rings. The molecular formula is C18H38N2O. The number of nitrogens with zero attached hydrogens (tertiary/aromatic N) is 1. The number of likely N-dealkylation sites (N-methyl/N-ethyl adjacent to an activating group) is 2. The van der Waals surface area contributed by atoms with Crippen LogP contribution in [0.3, 0.4) is 0 Å². The van der Waals surface area contributed by atoms with Crippen molar-refractivity contribution in [1.29, 1.82) is 0 Å². The van der Waals surface area contributed by atoms with E-state index in [9.17, 15) is 0 Å². The molecule has 0 spiro atoms. The van der Waals surface area contributed by atoms with Crippen LogP contribution in [-0.4, -0.2) is 50.3 Å². The summed E-state index contributed by atoms with van der Waals surface area (Å²) in [5, 5.41) is 3.48. The minimum absolute atomic E-state index is 0.383. The molecule has 0 aromatic carbocycles. The van der Waals surface area contributed by atoms with E-state index in [-0.39, 0.29) is 0 Å². The molecule has 2 unspecified atom stereocenters. The number of hydrogen-bond donors (Lipinski definition) is 1. The second kappa shape index (κ2) is 12.4. The van der Waals surface area contributed by atoms with Gasteiger partial charge in [-0.05, 0) is 20.0 Å². The summed E-state index contributed by atoms with van der Waals surface area (Å²) in [6.07, 6.45) is 12.8. The van der Waals surface area contributed by atoms with Gasteiger partial charge >= 0.3 is 0 Å². The summed E-state index contributed by atoms with van der Waals surface area (Å²) in [5.74, 6) is 0. The zero-order valence-electron chi connectivity index (χ0n) is 14.7. The number of rotatable bonds is 12. The lowest BCUT2D eigenvalue weighted by Crippen LogP contribution is -2.51. The molecule has 0 saturated carbocycles. The molecule has 1 N–H and O–H groups in total. The quantitative estimate of drug-likeness (QED) is 0.554. The fourth-order valence-corrected chi connectivity index (χ4v) is 3.28. The van der Waals surface area contributed by atoms with Crippen molar-refractivity contribution in [1.82, 2.24) is 10.2 Å². The van der Waals surface area contributed by atoms with E-state index >= 15 is 0 Å². The van der Waals surface area contributed by atoms with Crippen LogP contribution in [0.25, 0.3) is 0 Å². The summed E-state index contributed by atoms with van der Waals surface area (Å²) in [6, 6.07) is 0.527. The number of hydrogen-bond acceptors (Lipinski definition) is 3. The van der Waals surface area contributed by atoms with Gasteiger partial charge in [0.15, 0.2) is 0 Å². The van der Waals surface area contributed by atoms with Gasteiger partial charge in [0.05, 0.1) is 12.7 Å². The van der Waals surface area contributed by atoms with Crippen molar-refractivity contribution in [3.05, 3.63) is 0 Å². The molecule has 1 fully saturated rings. The van der Waals surface area contributed by atoms with Crippen molar-refractivity contribution in [2.45, 2.75) is 83.8 Å². The SMILES string of the molecule is CCCCCCCCCCC(NC)C1CN(CC)CCO1. The molecule has 0 aromatic heterocycles. The van der Waals surface area contributed by atoms with Crippen LogP contribution in [0.5, 0.6) is 0 Å². The summed E-state index contributed by atoms with van der Waals surface area (Å²) < 4.78 is 5.98. The van der Waals surface area contributed by atoms with Crippen LogP contribution < -0.4 is 5.32 Å². The molecule has 1 heterocycles. The third-order valence-corrected chi connectivity index (χ3v) is 4.81. The van der Waals surface area contributed by atoms with E-state index in [0.717, 1.165) is 26.2 Å². The zero-order valence-corrected chi connectivity index (χ0v) is 14.7. The van der Waals surface area contributed by atoms with E-state index in [1.54, 1.807) is 0 Å². The minimum Gasteiger partial charge on any atom is -0.374 e. The summed E-state index contributed by atoms with van der Waals surface area (Å²) in [5.41, 5.74) is 0. The highest BCUT2D eigenvalue weighted by Gasteiger charge is 2.25. The highest BCUT2D eigenvalue weighted by Crippen LogP contribution is 2.15. The second-order valence-electron chi connectivity index (χ2n) is 6.46. The smallest absolute Gasteiger partial charge is 0.0855 e. The highest BCUT2D eigenvalue weighted by atomic mass is 16.5. The molecule has 0 aliphatic carbocycles. The van der Waals surface area contributed by atoms with E-state index in [0.29, 0.717) is 12.1 Å². The van der Waals surface area contributed by atoms with Crippen molar-refractivity contribution in [2.75, 3.05) is 33.3 Å². The van der Waals surface area contributed by atoms with Gasteiger partial charge in [-0.1, -0.05) is 65.2 Å². The summed E-state index contributed by atoms with van der Waals surface area (Å²) >= 11 is 0. The lowest BCUT2D eigenvalue weighted by Gasteiger charge is -2.36. The molecule has 126 valence electrons. The number of ether oxygens (including phenoxy) is 1. The van der Waals surface area contributed by atoms with Gasteiger partial charge in [-0.25, -0.2) is 0 Å². The lowest BCUT2D eigenvalue weighted by atomic mass is 10.0. The zero-order chi connectivity index (χ0) is 15.3. The van der Waals surface area contributed by atoms with Gasteiger partial charge in [-0.15, -0.1) is 0 Å². The highest BCUT2D eigenvalue weighted by molar-refractivity contribution is 4.81. The first-order chi connectivity index (χ1) is 10.3. The van der Waals surface area contributed by atoms with E-state index in [1.807, 2.05) is 0 Å². The molecule has 3 nitrogen and oxygen atoms in total. The summed E-state index contributed by atoms with van der Waals surface area (Å²) in [6.45, 7) is 8.77. The van der Waals surface area contributed by atoms with Gasteiger partial charge in [-0.2, -0.15) is 0 Å². The molecule has 0 radical (unpaired) electrons. The normalized spacial score (nSPS) is 21.6. The van der Waals surface area contributed by atoms with Crippen LogP contribution in [0.4, 0.5) is 0 Å². The van der Waals surface area contributed by atoms with Crippen LogP contribution in [0.15, 0.2) is 0 Å². The predicted octanol–water partition coefficient (Wildman–Crippen LogP) is 3.83.